The van der Waals surface area contributed by atoms with Gasteiger partial charge in [-0.1, -0.05) is 0 Å². The maximum atomic E-state index is 13.6. The van der Waals surface area contributed by atoms with Crippen molar-refractivity contribution in [2.24, 2.45) is 5.92 Å². The third kappa shape index (κ3) is 3.99. The molecule has 0 atom stereocenters. The van der Waals surface area contributed by atoms with Crippen LogP contribution in [0.1, 0.15) is 19.3 Å². The fourth-order valence-electron chi connectivity index (χ4n) is 2.50. The summed E-state index contributed by atoms with van der Waals surface area (Å²) in [5.41, 5.74) is 0. The summed E-state index contributed by atoms with van der Waals surface area (Å²) in [4.78, 5) is -0.602. The van der Waals surface area contributed by atoms with Crippen molar-refractivity contribution in [3.63, 3.8) is 0 Å². The molecule has 1 saturated heterocycles. The lowest BCUT2D eigenvalue weighted by atomic mass is 9.95. The molecule has 7 heteroatoms. The summed E-state index contributed by atoms with van der Waals surface area (Å²) < 4.78 is 52.5. The molecule has 1 aromatic carbocycles. The molecule has 4 nitrogen and oxygen atoms in total. The van der Waals surface area contributed by atoms with Crippen LogP contribution < -0.4 is 5.32 Å². The number of benzene rings is 1. The fraction of sp³-hybridized carbons (Fsp3) is 0.571. The van der Waals surface area contributed by atoms with Crippen LogP contribution in [0.3, 0.4) is 0 Å². The number of nitrogens with zero attached hydrogens (tertiary/aromatic N) is 1. The zero-order valence-electron chi connectivity index (χ0n) is 12.0. The number of halogens is 2. The van der Waals surface area contributed by atoms with Crippen LogP contribution in [0, 0.1) is 17.6 Å². The van der Waals surface area contributed by atoms with E-state index in [0.717, 1.165) is 54.9 Å². The topological polar surface area (TPSA) is 49.4 Å². The second kappa shape index (κ2) is 6.81. The summed E-state index contributed by atoms with van der Waals surface area (Å²) in [7, 11) is -2.59. The predicted molar refractivity (Wildman–Crippen MR) is 76.4 cm³/mol. The summed E-state index contributed by atoms with van der Waals surface area (Å²) >= 11 is 0. The lowest BCUT2D eigenvalue weighted by molar-refractivity contribution is 0.325. The molecule has 0 aromatic heterocycles. The van der Waals surface area contributed by atoms with Gasteiger partial charge < -0.3 is 5.32 Å². The third-order valence-electron chi connectivity index (χ3n) is 3.89. The van der Waals surface area contributed by atoms with Gasteiger partial charge in [0.1, 0.15) is 16.5 Å². The van der Waals surface area contributed by atoms with Gasteiger partial charge in [-0.3, -0.25) is 0 Å². The first-order valence-electron chi connectivity index (χ1n) is 7.03. The monoisotopic (exact) mass is 318 g/mol. The van der Waals surface area contributed by atoms with Crippen LogP contribution in [0.5, 0.6) is 0 Å². The Morgan fingerprint density at radius 1 is 1.29 bits per heavy atom. The Kier molecular flexibility index (Phi) is 5.29. The molecule has 0 amide bonds. The van der Waals surface area contributed by atoms with E-state index in [-0.39, 0.29) is 0 Å². The normalized spacial score (nSPS) is 17.3. The van der Waals surface area contributed by atoms with Gasteiger partial charge in [-0.2, -0.15) is 0 Å². The highest BCUT2D eigenvalue weighted by Crippen LogP contribution is 2.22. The number of hydrogen-bond donors (Lipinski definition) is 1. The molecule has 1 heterocycles. The molecule has 1 aromatic rings. The van der Waals surface area contributed by atoms with Crippen molar-refractivity contribution in [3.8, 4) is 0 Å². The van der Waals surface area contributed by atoms with E-state index in [4.69, 9.17) is 0 Å². The van der Waals surface area contributed by atoms with Gasteiger partial charge in [0.2, 0.25) is 10.0 Å². The number of sulfonamides is 1. The van der Waals surface area contributed by atoms with Crippen LogP contribution in [0.2, 0.25) is 0 Å². The van der Waals surface area contributed by atoms with Crippen molar-refractivity contribution < 1.29 is 17.2 Å². The van der Waals surface area contributed by atoms with Crippen LogP contribution in [-0.4, -0.2) is 39.4 Å². The van der Waals surface area contributed by atoms with Crippen molar-refractivity contribution in [2.75, 3.05) is 26.7 Å². The molecule has 1 aliphatic heterocycles. The van der Waals surface area contributed by atoms with Crippen molar-refractivity contribution in [3.05, 3.63) is 29.8 Å². The van der Waals surface area contributed by atoms with E-state index < -0.39 is 26.6 Å². The predicted octanol–water partition coefficient (Wildman–Crippen LogP) is 1.97. The number of nitrogens with one attached hydrogen (secondary N) is 1. The molecule has 118 valence electrons. The van der Waals surface area contributed by atoms with Crippen LogP contribution in [0.4, 0.5) is 8.78 Å². The molecular weight excluding hydrogens is 298 g/mol. The Morgan fingerprint density at radius 3 is 2.62 bits per heavy atom. The first kappa shape index (κ1) is 16.3. The minimum Gasteiger partial charge on any atom is -0.317 e. The van der Waals surface area contributed by atoms with Crippen molar-refractivity contribution in [2.45, 2.75) is 24.2 Å². The first-order valence-corrected chi connectivity index (χ1v) is 8.47. The molecule has 1 aliphatic rings. The highest BCUT2D eigenvalue weighted by atomic mass is 32.2. The van der Waals surface area contributed by atoms with Crippen LogP contribution in [0.25, 0.3) is 0 Å². The lowest BCUT2D eigenvalue weighted by Crippen LogP contribution is -2.33. The molecule has 0 spiro atoms. The van der Waals surface area contributed by atoms with Crippen molar-refractivity contribution >= 4 is 10.0 Å². The first-order chi connectivity index (χ1) is 9.91. The fourth-order valence-corrected chi connectivity index (χ4v) is 3.76. The van der Waals surface area contributed by atoms with E-state index in [1.807, 2.05) is 0 Å². The van der Waals surface area contributed by atoms with Gasteiger partial charge in [-0.15, -0.1) is 0 Å². The minimum absolute atomic E-state index is 0.308. The number of piperidine rings is 1. The van der Waals surface area contributed by atoms with Gasteiger partial charge in [-0.25, -0.2) is 21.5 Å². The maximum Gasteiger partial charge on any atom is 0.245 e. The Bertz CT molecular complexity index is 587. The Labute approximate surface area is 124 Å². The van der Waals surface area contributed by atoms with Crippen molar-refractivity contribution in [1.82, 2.24) is 9.62 Å². The summed E-state index contributed by atoms with van der Waals surface area (Å²) in [6.45, 7) is 2.20. The molecule has 0 saturated carbocycles. The Hall–Kier alpha value is -1.05. The second-order valence-electron chi connectivity index (χ2n) is 5.38. The smallest absolute Gasteiger partial charge is 0.245 e. The van der Waals surface area contributed by atoms with Gasteiger partial charge in [0.05, 0.1) is 0 Å². The molecule has 2 rings (SSSR count). The Balaban J connectivity index is 2.05. The molecule has 1 fully saturated rings. The van der Waals surface area contributed by atoms with E-state index in [1.165, 1.54) is 7.05 Å². The SMILES string of the molecule is CN(CCC1CCNCC1)S(=O)(=O)c1cc(F)ccc1F. The maximum absolute atomic E-state index is 13.6. The van der Waals surface area contributed by atoms with Crippen LogP contribution >= 0.6 is 0 Å². The average molecular weight is 318 g/mol. The van der Waals surface area contributed by atoms with Crippen LogP contribution in [0.15, 0.2) is 23.1 Å². The van der Waals surface area contributed by atoms with Crippen LogP contribution in [-0.2, 0) is 10.0 Å². The zero-order valence-corrected chi connectivity index (χ0v) is 12.8. The highest BCUT2D eigenvalue weighted by molar-refractivity contribution is 7.89. The minimum atomic E-state index is -3.99. The van der Waals surface area contributed by atoms with E-state index in [0.29, 0.717) is 12.5 Å². The molecule has 0 unspecified atom stereocenters. The van der Waals surface area contributed by atoms with E-state index in [9.17, 15) is 17.2 Å². The summed E-state index contributed by atoms with van der Waals surface area (Å²) in [5, 5.41) is 3.25. The zero-order chi connectivity index (χ0) is 15.5. The van der Waals surface area contributed by atoms with Crippen molar-refractivity contribution in [1.29, 1.82) is 0 Å². The number of hydrogen-bond acceptors (Lipinski definition) is 3. The molecule has 0 aliphatic carbocycles. The standard InChI is InChI=1S/C14H20F2N2O2S/c1-18(9-6-11-4-7-17-8-5-11)21(19,20)14-10-12(15)2-3-13(14)16/h2-3,10-11,17H,4-9H2,1H3. The molecular formula is C14H20F2N2O2S. The van der Waals surface area contributed by atoms with E-state index in [2.05, 4.69) is 5.32 Å². The molecule has 1 N–H and O–H groups in total. The summed E-state index contributed by atoms with van der Waals surface area (Å²) in [6, 6.07) is 2.47. The third-order valence-corrected chi connectivity index (χ3v) is 5.76. The van der Waals surface area contributed by atoms with Gasteiger partial charge in [0.15, 0.2) is 0 Å². The molecule has 0 radical (unpaired) electrons. The van der Waals surface area contributed by atoms with Gasteiger partial charge in [-0.05, 0) is 56.5 Å². The quantitative estimate of drug-likeness (QED) is 0.903. The number of rotatable bonds is 5. The van der Waals surface area contributed by atoms with E-state index in [1.54, 1.807) is 0 Å². The lowest BCUT2D eigenvalue weighted by Gasteiger charge is -2.25. The average Bonchev–Trinajstić information content (AvgIpc) is 2.48. The van der Waals surface area contributed by atoms with Gasteiger partial charge in [0, 0.05) is 13.6 Å². The molecule has 0 bridgehead atoms. The largest absolute Gasteiger partial charge is 0.317 e. The van der Waals surface area contributed by atoms with Gasteiger partial charge in [0.25, 0.3) is 0 Å². The summed E-state index contributed by atoms with van der Waals surface area (Å²) in [5.74, 6) is -1.21. The second-order valence-corrected chi connectivity index (χ2v) is 7.40. The van der Waals surface area contributed by atoms with E-state index >= 15 is 0 Å². The Morgan fingerprint density at radius 2 is 1.95 bits per heavy atom. The van der Waals surface area contributed by atoms with Gasteiger partial charge >= 0.3 is 0 Å². The highest BCUT2D eigenvalue weighted by Gasteiger charge is 2.26. The summed E-state index contributed by atoms with van der Waals surface area (Å²) in [6.07, 6.45) is 2.76. The molecule has 21 heavy (non-hydrogen) atoms.